The lowest BCUT2D eigenvalue weighted by Crippen LogP contribution is -1.89. The zero-order chi connectivity index (χ0) is 9.94. The molecule has 1 nitrogen and oxygen atoms in total. The van der Waals surface area contributed by atoms with Crippen LogP contribution in [-0.2, 0) is 0 Å². The molecule has 0 bridgehead atoms. The summed E-state index contributed by atoms with van der Waals surface area (Å²) in [4.78, 5) is 0. The summed E-state index contributed by atoms with van der Waals surface area (Å²) >= 11 is 0. The average molecular weight is 179 g/mol. The SMILES string of the molecule is CC=C(N)C=CC=CCCCCC. The molecular formula is C12H21N. The summed E-state index contributed by atoms with van der Waals surface area (Å²) in [5.41, 5.74) is 6.39. The number of hydrogen-bond acceptors (Lipinski definition) is 1. The summed E-state index contributed by atoms with van der Waals surface area (Å²) in [5, 5.41) is 0. The van der Waals surface area contributed by atoms with E-state index in [0.29, 0.717) is 0 Å². The lowest BCUT2D eigenvalue weighted by Gasteiger charge is -1.90. The monoisotopic (exact) mass is 179 g/mol. The summed E-state index contributed by atoms with van der Waals surface area (Å²) in [5.74, 6) is 0. The van der Waals surface area contributed by atoms with Gasteiger partial charge in [-0.3, -0.25) is 0 Å². The van der Waals surface area contributed by atoms with Gasteiger partial charge in [-0.2, -0.15) is 0 Å². The molecule has 0 aromatic rings. The molecule has 0 aromatic carbocycles. The minimum atomic E-state index is 0.818. The van der Waals surface area contributed by atoms with Gasteiger partial charge in [0.15, 0.2) is 0 Å². The molecular weight excluding hydrogens is 158 g/mol. The van der Waals surface area contributed by atoms with Crippen LogP contribution >= 0.6 is 0 Å². The maximum atomic E-state index is 5.58. The second-order valence-corrected chi connectivity index (χ2v) is 3.07. The van der Waals surface area contributed by atoms with E-state index in [1.165, 1.54) is 25.7 Å². The van der Waals surface area contributed by atoms with Gasteiger partial charge in [0.2, 0.25) is 0 Å². The van der Waals surface area contributed by atoms with E-state index in [2.05, 4.69) is 19.1 Å². The zero-order valence-corrected chi connectivity index (χ0v) is 8.79. The number of unbranched alkanes of at least 4 members (excludes halogenated alkanes) is 3. The van der Waals surface area contributed by atoms with E-state index < -0.39 is 0 Å². The Kier molecular flexibility index (Phi) is 8.42. The predicted octanol–water partition coefficient (Wildman–Crippen LogP) is 3.54. The number of allylic oxidation sites excluding steroid dienone is 5. The van der Waals surface area contributed by atoms with E-state index in [9.17, 15) is 0 Å². The molecule has 0 atom stereocenters. The molecule has 0 fully saturated rings. The first-order valence-electron chi connectivity index (χ1n) is 5.06. The molecule has 0 aromatic heterocycles. The van der Waals surface area contributed by atoms with Gasteiger partial charge in [-0.1, -0.05) is 44.1 Å². The van der Waals surface area contributed by atoms with Gasteiger partial charge < -0.3 is 5.73 Å². The highest BCUT2D eigenvalue weighted by Crippen LogP contribution is 1.99. The van der Waals surface area contributed by atoms with E-state index in [4.69, 9.17) is 5.73 Å². The third-order valence-electron chi connectivity index (χ3n) is 1.84. The first-order valence-corrected chi connectivity index (χ1v) is 5.06. The molecule has 13 heavy (non-hydrogen) atoms. The second kappa shape index (κ2) is 9.11. The van der Waals surface area contributed by atoms with Crippen LogP contribution < -0.4 is 5.73 Å². The molecule has 0 radical (unpaired) electrons. The van der Waals surface area contributed by atoms with Gasteiger partial charge in [0, 0.05) is 5.70 Å². The number of rotatable bonds is 6. The highest BCUT2D eigenvalue weighted by atomic mass is 14.5. The molecule has 0 aliphatic rings. The van der Waals surface area contributed by atoms with Crippen molar-refractivity contribution in [3.8, 4) is 0 Å². The smallest absolute Gasteiger partial charge is 0.0270 e. The molecule has 0 saturated carbocycles. The molecule has 74 valence electrons. The van der Waals surface area contributed by atoms with Crippen LogP contribution in [-0.4, -0.2) is 0 Å². The molecule has 2 N–H and O–H groups in total. The molecule has 0 heterocycles. The quantitative estimate of drug-likeness (QED) is 0.490. The average Bonchev–Trinajstić information content (AvgIpc) is 2.16. The highest BCUT2D eigenvalue weighted by Gasteiger charge is 1.80. The summed E-state index contributed by atoms with van der Waals surface area (Å²) in [6.07, 6.45) is 15.1. The molecule has 0 saturated heterocycles. The third kappa shape index (κ3) is 8.93. The largest absolute Gasteiger partial charge is 0.399 e. The van der Waals surface area contributed by atoms with Crippen LogP contribution in [0.5, 0.6) is 0 Å². The van der Waals surface area contributed by atoms with Crippen LogP contribution in [0, 0.1) is 0 Å². The molecule has 0 aliphatic heterocycles. The minimum Gasteiger partial charge on any atom is -0.399 e. The molecule has 0 amide bonds. The van der Waals surface area contributed by atoms with E-state index in [-0.39, 0.29) is 0 Å². The summed E-state index contributed by atoms with van der Waals surface area (Å²) in [6.45, 7) is 4.15. The first kappa shape index (κ1) is 12.0. The normalized spacial score (nSPS) is 13.2. The van der Waals surface area contributed by atoms with Gasteiger partial charge in [-0.15, -0.1) is 0 Å². The molecule has 0 aliphatic carbocycles. The van der Waals surface area contributed by atoms with E-state index >= 15 is 0 Å². The van der Waals surface area contributed by atoms with Crippen LogP contribution in [0.1, 0.15) is 39.5 Å². The van der Waals surface area contributed by atoms with Crippen LogP contribution in [0.25, 0.3) is 0 Å². The van der Waals surface area contributed by atoms with Crippen molar-refractivity contribution in [2.75, 3.05) is 0 Å². The highest BCUT2D eigenvalue weighted by molar-refractivity contribution is 5.18. The van der Waals surface area contributed by atoms with Crippen molar-refractivity contribution in [2.24, 2.45) is 5.73 Å². The Bertz CT molecular complexity index is 187. The van der Waals surface area contributed by atoms with Gasteiger partial charge in [0.05, 0.1) is 0 Å². The van der Waals surface area contributed by atoms with Crippen molar-refractivity contribution in [3.05, 3.63) is 36.1 Å². The molecule has 0 unspecified atom stereocenters. The fourth-order valence-electron chi connectivity index (χ4n) is 0.950. The maximum Gasteiger partial charge on any atom is 0.0270 e. The molecule has 1 heteroatoms. The third-order valence-corrected chi connectivity index (χ3v) is 1.84. The fraction of sp³-hybridized carbons (Fsp3) is 0.500. The Morgan fingerprint density at radius 3 is 2.62 bits per heavy atom. The summed E-state index contributed by atoms with van der Waals surface area (Å²) < 4.78 is 0. The van der Waals surface area contributed by atoms with E-state index in [1.807, 2.05) is 25.2 Å². The van der Waals surface area contributed by atoms with Crippen molar-refractivity contribution in [3.63, 3.8) is 0 Å². The zero-order valence-electron chi connectivity index (χ0n) is 8.79. The van der Waals surface area contributed by atoms with Gasteiger partial charge in [-0.05, 0) is 25.8 Å². The predicted molar refractivity (Wildman–Crippen MR) is 60.4 cm³/mol. The van der Waals surface area contributed by atoms with Crippen molar-refractivity contribution in [1.82, 2.24) is 0 Å². The summed E-state index contributed by atoms with van der Waals surface area (Å²) in [7, 11) is 0. The summed E-state index contributed by atoms with van der Waals surface area (Å²) in [6, 6.07) is 0. The van der Waals surface area contributed by atoms with Crippen LogP contribution in [0.15, 0.2) is 36.1 Å². The molecule has 0 rings (SSSR count). The Morgan fingerprint density at radius 2 is 2.00 bits per heavy atom. The topological polar surface area (TPSA) is 26.0 Å². The van der Waals surface area contributed by atoms with E-state index in [1.54, 1.807) is 0 Å². The van der Waals surface area contributed by atoms with Crippen molar-refractivity contribution >= 4 is 0 Å². The number of hydrogen-bond donors (Lipinski definition) is 1. The Hall–Kier alpha value is -0.980. The fourth-order valence-corrected chi connectivity index (χ4v) is 0.950. The van der Waals surface area contributed by atoms with Crippen molar-refractivity contribution in [2.45, 2.75) is 39.5 Å². The first-order chi connectivity index (χ1) is 6.31. The lowest BCUT2D eigenvalue weighted by atomic mass is 10.2. The van der Waals surface area contributed by atoms with Gasteiger partial charge in [0.25, 0.3) is 0 Å². The second-order valence-electron chi connectivity index (χ2n) is 3.07. The van der Waals surface area contributed by atoms with Gasteiger partial charge in [0.1, 0.15) is 0 Å². The number of nitrogens with two attached hydrogens (primary N) is 1. The van der Waals surface area contributed by atoms with Gasteiger partial charge >= 0.3 is 0 Å². The Labute approximate surface area is 82.0 Å². The van der Waals surface area contributed by atoms with Crippen molar-refractivity contribution < 1.29 is 0 Å². The van der Waals surface area contributed by atoms with Crippen LogP contribution in [0.4, 0.5) is 0 Å². The lowest BCUT2D eigenvalue weighted by molar-refractivity contribution is 0.729. The van der Waals surface area contributed by atoms with Crippen molar-refractivity contribution in [1.29, 1.82) is 0 Å². The molecule has 0 spiro atoms. The van der Waals surface area contributed by atoms with Crippen LogP contribution in [0.3, 0.4) is 0 Å². The van der Waals surface area contributed by atoms with Crippen LogP contribution in [0.2, 0.25) is 0 Å². The minimum absolute atomic E-state index is 0.818. The Morgan fingerprint density at radius 1 is 1.23 bits per heavy atom. The standard InChI is InChI=1S/C12H21N/c1-3-5-6-7-8-9-10-11-12(13)4-2/h4,8-11H,3,5-7,13H2,1-2H3. The maximum absolute atomic E-state index is 5.58. The Balaban J connectivity index is 3.46. The van der Waals surface area contributed by atoms with E-state index in [0.717, 1.165) is 5.70 Å². The van der Waals surface area contributed by atoms with Gasteiger partial charge in [-0.25, -0.2) is 0 Å².